The smallest absolute Gasteiger partial charge is 0.236 e. The summed E-state index contributed by atoms with van der Waals surface area (Å²) in [5.41, 5.74) is 2.45. The number of hydrogen-bond donors (Lipinski definition) is 0. The van der Waals surface area contributed by atoms with Crippen molar-refractivity contribution in [3.63, 3.8) is 0 Å². The zero-order valence-electron chi connectivity index (χ0n) is 18.1. The van der Waals surface area contributed by atoms with Gasteiger partial charge in [-0.15, -0.1) is 0 Å². The molecule has 1 fully saturated rings. The summed E-state index contributed by atoms with van der Waals surface area (Å²) in [4.78, 5) is 23.3. The van der Waals surface area contributed by atoms with Gasteiger partial charge < -0.3 is 9.80 Å². The molecule has 1 aromatic heterocycles. The van der Waals surface area contributed by atoms with Gasteiger partial charge in [0, 0.05) is 50.6 Å². The average molecular weight is 429 g/mol. The van der Waals surface area contributed by atoms with E-state index in [2.05, 4.69) is 26.9 Å². The Balaban J connectivity index is 1.40. The molecule has 2 aromatic rings. The second-order valence-electron chi connectivity index (χ2n) is 8.49. The molecule has 1 saturated heterocycles. The van der Waals surface area contributed by atoms with Crippen LogP contribution in [0.15, 0.2) is 48.8 Å². The first-order valence-electron chi connectivity index (χ1n) is 10.8. The van der Waals surface area contributed by atoms with Gasteiger partial charge in [-0.2, -0.15) is 0 Å². The SMILES string of the molecule is CN(CC(=O)N(C)C[C@H]1CCCN(CCc2ccc(Cl)cc2)C1)Cc1cccnc1. The van der Waals surface area contributed by atoms with Crippen molar-refractivity contribution >= 4 is 17.5 Å². The highest BCUT2D eigenvalue weighted by molar-refractivity contribution is 6.30. The van der Waals surface area contributed by atoms with E-state index in [-0.39, 0.29) is 5.91 Å². The molecule has 1 amide bonds. The maximum Gasteiger partial charge on any atom is 0.236 e. The van der Waals surface area contributed by atoms with Gasteiger partial charge in [0.15, 0.2) is 0 Å². The Bertz CT molecular complexity index is 784. The fourth-order valence-corrected chi connectivity index (χ4v) is 4.27. The molecule has 0 unspecified atom stereocenters. The van der Waals surface area contributed by atoms with E-state index in [0.29, 0.717) is 12.5 Å². The summed E-state index contributed by atoms with van der Waals surface area (Å²) < 4.78 is 0. The van der Waals surface area contributed by atoms with Crippen molar-refractivity contribution in [3.05, 3.63) is 64.9 Å². The van der Waals surface area contributed by atoms with Crippen LogP contribution in [0.25, 0.3) is 0 Å². The highest BCUT2D eigenvalue weighted by Crippen LogP contribution is 2.18. The van der Waals surface area contributed by atoms with Crippen LogP contribution >= 0.6 is 11.6 Å². The van der Waals surface area contributed by atoms with E-state index in [0.717, 1.165) is 49.7 Å². The van der Waals surface area contributed by atoms with Crippen molar-refractivity contribution in [2.45, 2.75) is 25.8 Å². The topological polar surface area (TPSA) is 39.7 Å². The number of likely N-dealkylation sites (N-methyl/N-ethyl adjacent to an activating group) is 2. The monoisotopic (exact) mass is 428 g/mol. The number of piperidine rings is 1. The number of likely N-dealkylation sites (tertiary alicyclic amines) is 1. The minimum Gasteiger partial charge on any atom is -0.344 e. The first-order chi connectivity index (χ1) is 14.5. The number of rotatable bonds is 9. The Kier molecular flexibility index (Phi) is 8.67. The van der Waals surface area contributed by atoms with E-state index in [1.54, 1.807) is 6.20 Å². The molecule has 2 heterocycles. The lowest BCUT2D eigenvalue weighted by Gasteiger charge is -2.35. The van der Waals surface area contributed by atoms with E-state index in [1.165, 1.54) is 18.4 Å². The Labute approximate surface area is 185 Å². The molecule has 162 valence electrons. The summed E-state index contributed by atoms with van der Waals surface area (Å²) in [6, 6.07) is 12.1. The van der Waals surface area contributed by atoms with Crippen molar-refractivity contribution in [1.29, 1.82) is 0 Å². The molecular formula is C24H33ClN4O. The number of amides is 1. The third kappa shape index (κ3) is 7.38. The molecule has 1 aliphatic heterocycles. The van der Waals surface area contributed by atoms with Gasteiger partial charge in [0.1, 0.15) is 0 Å². The van der Waals surface area contributed by atoms with Gasteiger partial charge in [0.25, 0.3) is 0 Å². The molecule has 0 spiro atoms. The molecule has 5 nitrogen and oxygen atoms in total. The standard InChI is InChI=1S/C24H33ClN4O/c1-27(16-21-5-3-12-26-15-21)19-24(30)28(2)17-22-6-4-13-29(18-22)14-11-20-7-9-23(25)10-8-20/h3,5,7-10,12,15,22H,4,6,11,13-14,16-19H2,1-2H3/t22-/m1/s1. The second-order valence-corrected chi connectivity index (χ2v) is 8.93. The van der Waals surface area contributed by atoms with Crippen molar-refractivity contribution < 1.29 is 4.79 Å². The second kappa shape index (κ2) is 11.4. The number of benzene rings is 1. The third-order valence-electron chi connectivity index (χ3n) is 5.77. The molecule has 3 rings (SSSR count). The summed E-state index contributed by atoms with van der Waals surface area (Å²) >= 11 is 5.98. The summed E-state index contributed by atoms with van der Waals surface area (Å²) in [6.07, 6.45) is 7.06. The van der Waals surface area contributed by atoms with Crippen LogP contribution in [0.4, 0.5) is 0 Å². The fraction of sp³-hybridized carbons (Fsp3) is 0.500. The molecule has 0 radical (unpaired) electrons. The highest BCUT2D eigenvalue weighted by Gasteiger charge is 2.23. The van der Waals surface area contributed by atoms with Crippen molar-refractivity contribution in [2.75, 3.05) is 46.8 Å². The largest absolute Gasteiger partial charge is 0.344 e. The Morgan fingerprint density at radius 2 is 2.00 bits per heavy atom. The molecule has 0 saturated carbocycles. The van der Waals surface area contributed by atoms with E-state index >= 15 is 0 Å². The zero-order valence-corrected chi connectivity index (χ0v) is 18.9. The maximum atomic E-state index is 12.7. The van der Waals surface area contributed by atoms with Crippen LogP contribution in [0, 0.1) is 5.92 Å². The van der Waals surface area contributed by atoms with E-state index in [1.807, 2.05) is 49.5 Å². The number of aromatic nitrogens is 1. The summed E-state index contributed by atoms with van der Waals surface area (Å²) in [6.45, 7) is 5.26. The van der Waals surface area contributed by atoms with Gasteiger partial charge >= 0.3 is 0 Å². The summed E-state index contributed by atoms with van der Waals surface area (Å²) in [5, 5.41) is 0.788. The molecule has 0 aliphatic carbocycles. The Hall–Kier alpha value is -1.95. The van der Waals surface area contributed by atoms with Crippen LogP contribution in [0.5, 0.6) is 0 Å². The maximum absolute atomic E-state index is 12.7. The molecule has 0 N–H and O–H groups in total. The molecule has 1 aliphatic rings. The van der Waals surface area contributed by atoms with Crippen molar-refractivity contribution in [3.8, 4) is 0 Å². The molecule has 0 bridgehead atoms. The molecular weight excluding hydrogens is 396 g/mol. The van der Waals surface area contributed by atoms with Crippen molar-refractivity contribution in [2.24, 2.45) is 5.92 Å². The van der Waals surface area contributed by atoms with Gasteiger partial charge in [-0.05, 0) is 68.1 Å². The van der Waals surface area contributed by atoms with Crippen LogP contribution in [0.3, 0.4) is 0 Å². The molecule has 30 heavy (non-hydrogen) atoms. The highest BCUT2D eigenvalue weighted by atomic mass is 35.5. The molecule has 1 atom stereocenters. The van der Waals surface area contributed by atoms with Gasteiger partial charge in [-0.3, -0.25) is 14.7 Å². The normalized spacial score (nSPS) is 17.3. The van der Waals surface area contributed by atoms with Gasteiger partial charge in [-0.25, -0.2) is 0 Å². The number of carbonyl (C=O) groups is 1. The van der Waals surface area contributed by atoms with Gasteiger partial charge in [0.05, 0.1) is 6.54 Å². The lowest BCUT2D eigenvalue weighted by Crippen LogP contribution is -2.44. The zero-order chi connectivity index (χ0) is 21.3. The van der Waals surface area contributed by atoms with Crippen LogP contribution in [0.1, 0.15) is 24.0 Å². The third-order valence-corrected chi connectivity index (χ3v) is 6.02. The van der Waals surface area contributed by atoms with Gasteiger partial charge in [0.2, 0.25) is 5.91 Å². The first kappa shape index (κ1) is 22.7. The number of carbonyl (C=O) groups excluding carboxylic acids is 1. The lowest BCUT2D eigenvalue weighted by molar-refractivity contribution is -0.131. The Morgan fingerprint density at radius 3 is 2.73 bits per heavy atom. The number of nitrogens with zero attached hydrogens (tertiary/aromatic N) is 4. The fourth-order valence-electron chi connectivity index (χ4n) is 4.14. The minimum atomic E-state index is 0.180. The van der Waals surface area contributed by atoms with E-state index < -0.39 is 0 Å². The minimum absolute atomic E-state index is 0.180. The van der Waals surface area contributed by atoms with Gasteiger partial charge in [-0.1, -0.05) is 29.8 Å². The predicted octanol–water partition coefficient (Wildman–Crippen LogP) is 3.58. The number of hydrogen-bond acceptors (Lipinski definition) is 4. The van der Waals surface area contributed by atoms with E-state index in [4.69, 9.17) is 11.6 Å². The average Bonchev–Trinajstić information content (AvgIpc) is 2.74. The summed E-state index contributed by atoms with van der Waals surface area (Å²) in [5.74, 6) is 0.723. The molecule has 1 aromatic carbocycles. The molecule has 6 heteroatoms. The van der Waals surface area contributed by atoms with Crippen LogP contribution < -0.4 is 0 Å². The number of pyridine rings is 1. The lowest BCUT2D eigenvalue weighted by atomic mass is 9.97. The predicted molar refractivity (Wildman–Crippen MR) is 123 cm³/mol. The van der Waals surface area contributed by atoms with Crippen LogP contribution in [-0.4, -0.2) is 72.4 Å². The summed E-state index contributed by atoms with van der Waals surface area (Å²) in [7, 11) is 3.92. The quantitative estimate of drug-likeness (QED) is 0.612. The number of halogens is 1. The van der Waals surface area contributed by atoms with Crippen molar-refractivity contribution in [1.82, 2.24) is 19.7 Å². The van der Waals surface area contributed by atoms with E-state index in [9.17, 15) is 4.79 Å². The first-order valence-corrected chi connectivity index (χ1v) is 11.2. The Morgan fingerprint density at radius 1 is 1.20 bits per heavy atom. The van der Waals surface area contributed by atoms with Crippen LogP contribution in [0.2, 0.25) is 5.02 Å². The van der Waals surface area contributed by atoms with Crippen LogP contribution in [-0.2, 0) is 17.8 Å².